The zero-order valence-corrected chi connectivity index (χ0v) is 16.5. The van der Waals surface area contributed by atoms with Crippen molar-refractivity contribution in [1.82, 2.24) is 10.2 Å². The molecule has 8 heteroatoms. The standard InChI is InChI=1S/C20H28F2N2O4/c1-4-27-18-13-16(5-7-17(18)28-20(21)22)6-8-19(25)23-14(2)15(3)24-9-11-26-12-10-24/h5-8,13-15,20H,4,9-12H2,1-3H3,(H,23,25). The SMILES string of the molecule is CCOc1cc(C=CC(=O)NC(C)C(C)N2CCOCC2)ccc1OC(F)F. The lowest BCUT2D eigenvalue weighted by atomic mass is 10.1. The van der Waals surface area contributed by atoms with Crippen molar-refractivity contribution in [2.75, 3.05) is 32.9 Å². The minimum absolute atomic E-state index is 0.0314. The third-order valence-corrected chi connectivity index (χ3v) is 4.63. The highest BCUT2D eigenvalue weighted by atomic mass is 19.3. The van der Waals surface area contributed by atoms with Gasteiger partial charge in [0.15, 0.2) is 11.5 Å². The van der Waals surface area contributed by atoms with Gasteiger partial charge in [0.05, 0.1) is 19.8 Å². The third-order valence-electron chi connectivity index (χ3n) is 4.63. The average molecular weight is 398 g/mol. The van der Waals surface area contributed by atoms with Crippen molar-refractivity contribution in [3.63, 3.8) is 0 Å². The van der Waals surface area contributed by atoms with E-state index >= 15 is 0 Å². The molecule has 1 aliphatic heterocycles. The van der Waals surface area contributed by atoms with Crippen molar-refractivity contribution in [3.8, 4) is 11.5 Å². The van der Waals surface area contributed by atoms with Crippen LogP contribution < -0.4 is 14.8 Å². The molecule has 2 atom stereocenters. The zero-order valence-electron chi connectivity index (χ0n) is 16.5. The Morgan fingerprint density at radius 1 is 1.29 bits per heavy atom. The summed E-state index contributed by atoms with van der Waals surface area (Å²) < 4.78 is 40.1. The largest absolute Gasteiger partial charge is 0.490 e. The third kappa shape index (κ3) is 6.76. The lowest BCUT2D eigenvalue weighted by molar-refractivity contribution is -0.117. The van der Waals surface area contributed by atoms with Crippen LogP contribution in [0.2, 0.25) is 0 Å². The number of hydrogen-bond donors (Lipinski definition) is 1. The maximum atomic E-state index is 12.5. The fourth-order valence-corrected chi connectivity index (χ4v) is 2.96. The minimum Gasteiger partial charge on any atom is -0.490 e. The number of hydrogen-bond acceptors (Lipinski definition) is 5. The van der Waals surface area contributed by atoms with Crippen molar-refractivity contribution in [2.45, 2.75) is 39.5 Å². The second-order valence-corrected chi connectivity index (χ2v) is 6.54. The fourth-order valence-electron chi connectivity index (χ4n) is 2.96. The maximum Gasteiger partial charge on any atom is 0.387 e. The van der Waals surface area contributed by atoms with E-state index in [1.165, 1.54) is 12.1 Å². The summed E-state index contributed by atoms with van der Waals surface area (Å²) >= 11 is 0. The number of carbonyl (C=O) groups is 1. The molecule has 1 aromatic carbocycles. The van der Waals surface area contributed by atoms with E-state index in [0.717, 1.165) is 13.1 Å². The summed E-state index contributed by atoms with van der Waals surface area (Å²) in [6.45, 7) is 6.29. The Morgan fingerprint density at radius 3 is 2.64 bits per heavy atom. The van der Waals surface area contributed by atoms with Crippen LogP contribution in [0.25, 0.3) is 6.08 Å². The molecule has 0 saturated carbocycles. The van der Waals surface area contributed by atoms with Crippen LogP contribution in [-0.4, -0.2) is 62.4 Å². The van der Waals surface area contributed by atoms with Gasteiger partial charge in [-0.15, -0.1) is 0 Å². The van der Waals surface area contributed by atoms with Gasteiger partial charge in [0.25, 0.3) is 0 Å². The van der Waals surface area contributed by atoms with Gasteiger partial charge in [-0.25, -0.2) is 0 Å². The number of nitrogens with zero attached hydrogens (tertiary/aromatic N) is 1. The molecular formula is C20H28F2N2O4. The van der Waals surface area contributed by atoms with Crippen LogP contribution in [0, 0.1) is 0 Å². The van der Waals surface area contributed by atoms with E-state index in [2.05, 4.69) is 21.9 Å². The molecule has 6 nitrogen and oxygen atoms in total. The van der Waals surface area contributed by atoms with E-state index in [4.69, 9.17) is 9.47 Å². The Labute approximate surface area is 164 Å². The second-order valence-electron chi connectivity index (χ2n) is 6.54. The Kier molecular flexibility index (Phi) is 8.66. The normalized spacial score (nSPS) is 17.5. The highest BCUT2D eigenvalue weighted by molar-refractivity contribution is 5.92. The van der Waals surface area contributed by atoms with Crippen LogP contribution in [-0.2, 0) is 9.53 Å². The number of ether oxygens (including phenoxy) is 3. The summed E-state index contributed by atoms with van der Waals surface area (Å²) in [5, 5.41) is 2.96. The minimum atomic E-state index is -2.93. The molecule has 28 heavy (non-hydrogen) atoms. The highest BCUT2D eigenvalue weighted by Crippen LogP contribution is 2.30. The Balaban J connectivity index is 1.95. The van der Waals surface area contributed by atoms with Crippen LogP contribution in [0.5, 0.6) is 11.5 Å². The summed E-state index contributed by atoms with van der Waals surface area (Å²) in [5.41, 5.74) is 0.647. The molecule has 1 heterocycles. The molecule has 1 amide bonds. The van der Waals surface area contributed by atoms with Crippen molar-refractivity contribution < 1.29 is 27.8 Å². The molecule has 0 spiro atoms. The lowest BCUT2D eigenvalue weighted by Gasteiger charge is -2.35. The van der Waals surface area contributed by atoms with Gasteiger partial charge in [-0.1, -0.05) is 6.07 Å². The quantitative estimate of drug-likeness (QED) is 0.648. The number of alkyl halides is 2. The summed E-state index contributed by atoms with van der Waals surface area (Å²) in [5.74, 6) is -0.0513. The molecule has 0 radical (unpaired) electrons. The molecule has 0 aliphatic carbocycles. The summed E-state index contributed by atoms with van der Waals surface area (Å²) in [6.07, 6.45) is 3.03. The van der Waals surface area contributed by atoms with Gasteiger partial charge in [0.1, 0.15) is 0 Å². The van der Waals surface area contributed by atoms with Crippen molar-refractivity contribution >= 4 is 12.0 Å². The van der Waals surface area contributed by atoms with Gasteiger partial charge in [-0.05, 0) is 44.5 Å². The molecule has 2 unspecified atom stereocenters. The maximum absolute atomic E-state index is 12.5. The number of benzene rings is 1. The van der Waals surface area contributed by atoms with E-state index in [9.17, 15) is 13.6 Å². The summed E-state index contributed by atoms with van der Waals surface area (Å²) in [4.78, 5) is 14.5. The number of halogens is 2. The van der Waals surface area contributed by atoms with Crippen molar-refractivity contribution in [2.24, 2.45) is 0 Å². The molecule has 1 saturated heterocycles. The molecule has 1 fully saturated rings. The van der Waals surface area contributed by atoms with Gasteiger partial charge in [0, 0.05) is 31.2 Å². The zero-order chi connectivity index (χ0) is 20.5. The number of nitrogens with one attached hydrogen (secondary N) is 1. The Hall–Kier alpha value is -2.19. The topological polar surface area (TPSA) is 60.0 Å². The van der Waals surface area contributed by atoms with E-state index in [-0.39, 0.29) is 29.5 Å². The van der Waals surface area contributed by atoms with E-state index in [1.807, 2.05) is 6.92 Å². The number of carbonyl (C=O) groups excluding carboxylic acids is 1. The molecule has 0 aromatic heterocycles. The average Bonchev–Trinajstić information content (AvgIpc) is 2.68. The molecule has 1 N–H and O–H groups in total. The molecule has 1 aromatic rings. The van der Waals surface area contributed by atoms with Crippen LogP contribution in [0.1, 0.15) is 26.3 Å². The highest BCUT2D eigenvalue weighted by Gasteiger charge is 2.22. The molecular weight excluding hydrogens is 370 g/mol. The van der Waals surface area contributed by atoms with E-state index < -0.39 is 6.61 Å². The first-order valence-electron chi connectivity index (χ1n) is 9.42. The molecule has 0 bridgehead atoms. The first kappa shape index (κ1) is 22.1. The van der Waals surface area contributed by atoms with Crippen LogP contribution in [0.3, 0.4) is 0 Å². The number of morpholine rings is 1. The van der Waals surface area contributed by atoms with Gasteiger partial charge in [-0.3, -0.25) is 9.69 Å². The van der Waals surface area contributed by atoms with Crippen LogP contribution in [0.4, 0.5) is 8.78 Å². The first-order valence-corrected chi connectivity index (χ1v) is 9.42. The monoisotopic (exact) mass is 398 g/mol. The van der Waals surface area contributed by atoms with Gasteiger partial charge in [-0.2, -0.15) is 8.78 Å². The van der Waals surface area contributed by atoms with Crippen LogP contribution in [0.15, 0.2) is 24.3 Å². The number of amides is 1. The molecule has 1 aliphatic rings. The predicted molar refractivity (Wildman–Crippen MR) is 103 cm³/mol. The predicted octanol–water partition coefficient (Wildman–Crippen LogP) is 2.93. The van der Waals surface area contributed by atoms with Gasteiger partial charge >= 0.3 is 6.61 Å². The lowest BCUT2D eigenvalue weighted by Crippen LogP contribution is -2.51. The van der Waals surface area contributed by atoms with E-state index in [1.54, 1.807) is 25.1 Å². The second kappa shape index (κ2) is 11.0. The van der Waals surface area contributed by atoms with Crippen LogP contribution >= 0.6 is 0 Å². The molecule has 156 valence electrons. The summed E-state index contributed by atoms with van der Waals surface area (Å²) in [6, 6.07) is 4.71. The Bertz CT molecular complexity index is 664. The summed E-state index contributed by atoms with van der Waals surface area (Å²) in [7, 11) is 0. The fraction of sp³-hybridized carbons (Fsp3) is 0.550. The van der Waals surface area contributed by atoms with Gasteiger partial charge in [0.2, 0.25) is 5.91 Å². The molecule has 2 rings (SSSR count). The number of rotatable bonds is 9. The Morgan fingerprint density at radius 2 is 2.00 bits per heavy atom. The first-order chi connectivity index (χ1) is 13.4. The smallest absolute Gasteiger partial charge is 0.387 e. The van der Waals surface area contributed by atoms with Crippen molar-refractivity contribution in [3.05, 3.63) is 29.8 Å². The van der Waals surface area contributed by atoms with E-state index in [0.29, 0.717) is 25.4 Å². The van der Waals surface area contributed by atoms with Crippen molar-refractivity contribution in [1.29, 1.82) is 0 Å². The van der Waals surface area contributed by atoms with Gasteiger partial charge < -0.3 is 19.5 Å².